The van der Waals surface area contributed by atoms with Crippen LogP contribution in [0.25, 0.3) is 11.0 Å². The van der Waals surface area contributed by atoms with E-state index in [1.807, 2.05) is 13.8 Å². The lowest BCUT2D eigenvalue weighted by atomic mass is 10.2. The van der Waals surface area contributed by atoms with Crippen LogP contribution in [-0.2, 0) is 6.54 Å². The number of aromatic nitrogens is 1. The summed E-state index contributed by atoms with van der Waals surface area (Å²) in [7, 11) is 1.57. The van der Waals surface area contributed by atoms with Gasteiger partial charge in [0.2, 0.25) is 0 Å². The SMILES string of the molecule is COc1ccc(Sc2c(O)c3c(=O)n(CC(C)C)c(C)cc3oc2=O)cc1. The van der Waals surface area contributed by atoms with E-state index in [0.717, 1.165) is 11.8 Å². The fraction of sp³-hybridized carbons (Fsp3) is 0.300. The molecule has 0 aliphatic carbocycles. The van der Waals surface area contributed by atoms with Crippen LogP contribution in [0.5, 0.6) is 11.5 Å². The number of benzene rings is 1. The normalized spacial score (nSPS) is 11.3. The molecule has 2 aromatic heterocycles. The molecule has 0 saturated carbocycles. The van der Waals surface area contributed by atoms with Crippen molar-refractivity contribution >= 4 is 22.7 Å². The number of hydrogen-bond donors (Lipinski definition) is 1. The number of nitrogens with zero attached hydrogens (tertiary/aromatic N) is 1. The zero-order chi connectivity index (χ0) is 19.7. The van der Waals surface area contributed by atoms with Crippen LogP contribution in [0.2, 0.25) is 0 Å². The summed E-state index contributed by atoms with van der Waals surface area (Å²) >= 11 is 1.05. The largest absolute Gasteiger partial charge is 0.505 e. The Morgan fingerprint density at radius 1 is 1.22 bits per heavy atom. The first-order valence-electron chi connectivity index (χ1n) is 8.54. The standard InChI is InChI=1S/C20H21NO5S/c1-11(2)10-21-12(3)9-15-16(19(21)23)17(22)18(20(24)26-15)27-14-7-5-13(25-4)6-8-14/h5-9,11,22H,10H2,1-4H3. The zero-order valence-corrected chi connectivity index (χ0v) is 16.4. The molecular weight excluding hydrogens is 366 g/mol. The van der Waals surface area contributed by atoms with Crippen molar-refractivity contribution < 1.29 is 14.3 Å². The second-order valence-corrected chi connectivity index (χ2v) is 7.76. The van der Waals surface area contributed by atoms with Gasteiger partial charge in [0.25, 0.3) is 5.56 Å². The molecule has 0 amide bonds. The monoisotopic (exact) mass is 387 g/mol. The fourth-order valence-corrected chi connectivity index (χ4v) is 3.67. The van der Waals surface area contributed by atoms with Crippen LogP contribution in [0.1, 0.15) is 19.5 Å². The van der Waals surface area contributed by atoms with Crippen molar-refractivity contribution in [1.82, 2.24) is 4.57 Å². The molecule has 0 bridgehead atoms. The van der Waals surface area contributed by atoms with Gasteiger partial charge >= 0.3 is 5.63 Å². The molecule has 0 saturated heterocycles. The van der Waals surface area contributed by atoms with Crippen LogP contribution in [-0.4, -0.2) is 16.8 Å². The van der Waals surface area contributed by atoms with E-state index >= 15 is 0 Å². The minimum absolute atomic E-state index is 0.00952. The van der Waals surface area contributed by atoms with Crippen LogP contribution < -0.4 is 15.9 Å². The molecule has 27 heavy (non-hydrogen) atoms. The maximum absolute atomic E-state index is 12.9. The molecule has 6 nitrogen and oxygen atoms in total. The number of methoxy groups -OCH3 is 1. The molecule has 0 atom stereocenters. The number of fused-ring (bicyclic) bond motifs is 1. The third kappa shape index (κ3) is 3.73. The van der Waals surface area contributed by atoms with E-state index in [1.165, 1.54) is 0 Å². The Morgan fingerprint density at radius 3 is 2.48 bits per heavy atom. The molecule has 0 radical (unpaired) electrons. The molecule has 1 aromatic carbocycles. The van der Waals surface area contributed by atoms with Crippen molar-refractivity contribution in [2.75, 3.05) is 7.11 Å². The quantitative estimate of drug-likeness (QED) is 0.717. The Hall–Kier alpha value is -2.67. The summed E-state index contributed by atoms with van der Waals surface area (Å²) in [5, 5.41) is 10.7. The second kappa shape index (κ2) is 7.52. The average Bonchev–Trinajstić information content (AvgIpc) is 2.62. The molecular formula is C20H21NO5S. The van der Waals surface area contributed by atoms with Crippen LogP contribution in [0.15, 0.2) is 54.1 Å². The van der Waals surface area contributed by atoms with Gasteiger partial charge in [0.05, 0.1) is 7.11 Å². The van der Waals surface area contributed by atoms with Gasteiger partial charge in [-0.05, 0) is 37.1 Å². The van der Waals surface area contributed by atoms with Crippen molar-refractivity contribution in [3.8, 4) is 11.5 Å². The van der Waals surface area contributed by atoms with E-state index in [-0.39, 0.29) is 33.1 Å². The predicted octanol–water partition coefficient (Wildman–Crippen LogP) is 3.78. The van der Waals surface area contributed by atoms with Gasteiger partial charge in [0.15, 0.2) is 5.75 Å². The molecule has 0 aliphatic heterocycles. The van der Waals surface area contributed by atoms with Crippen molar-refractivity contribution in [3.63, 3.8) is 0 Å². The third-order valence-electron chi connectivity index (χ3n) is 4.14. The number of aryl methyl sites for hydroxylation is 1. The van der Waals surface area contributed by atoms with Gasteiger partial charge < -0.3 is 18.8 Å². The summed E-state index contributed by atoms with van der Waals surface area (Å²) in [5.74, 6) is 0.593. The molecule has 3 aromatic rings. The molecule has 0 unspecified atom stereocenters. The van der Waals surface area contributed by atoms with Gasteiger partial charge in [-0.3, -0.25) is 4.79 Å². The van der Waals surface area contributed by atoms with Crippen LogP contribution in [0, 0.1) is 12.8 Å². The smallest absolute Gasteiger partial charge is 0.354 e. The average molecular weight is 387 g/mol. The highest BCUT2D eigenvalue weighted by molar-refractivity contribution is 7.99. The lowest BCUT2D eigenvalue weighted by Gasteiger charge is -2.14. The highest BCUT2D eigenvalue weighted by Gasteiger charge is 2.20. The Morgan fingerprint density at radius 2 is 1.89 bits per heavy atom. The van der Waals surface area contributed by atoms with Crippen molar-refractivity contribution in [3.05, 3.63) is 56.8 Å². The minimum Gasteiger partial charge on any atom is -0.505 e. The number of pyridine rings is 1. The van der Waals surface area contributed by atoms with Crippen LogP contribution >= 0.6 is 11.8 Å². The Bertz CT molecular complexity index is 1100. The van der Waals surface area contributed by atoms with Gasteiger partial charge in [-0.15, -0.1) is 0 Å². The van der Waals surface area contributed by atoms with Gasteiger partial charge in [-0.25, -0.2) is 4.79 Å². The second-order valence-electron chi connectivity index (χ2n) is 6.68. The number of aromatic hydroxyl groups is 1. The lowest BCUT2D eigenvalue weighted by Crippen LogP contribution is -2.25. The number of hydrogen-bond acceptors (Lipinski definition) is 6. The molecule has 7 heteroatoms. The van der Waals surface area contributed by atoms with E-state index < -0.39 is 5.63 Å². The van der Waals surface area contributed by atoms with E-state index in [9.17, 15) is 14.7 Å². The van der Waals surface area contributed by atoms with E-state index in [4.69, 9.17) is 9.15 Å². The van der Waals surface area contributed by atoms with E-state index in [1.54, 1.807) is 48.9 Å². The van der Waals surface area contributed by atoms with Crippen molar-refractivity contribution in [2.24, 2.45) is 5.92 Å². The van der Waals surface area contributed by atoms with Crippen LogP contribution in [0.3, 0.4) is 0 Å². The van der Waals surface area contributed by atoms with E-state index in [2.05, 4.69) is 0 Å². The molecule has 1 N–H and O–H groups in total. The van der Waals surface area contributed by atoms with Gasteiger partial charge in [0.1, 0.15) is 21.6 Å². The predicted molar refractivity (Wildman–Crippen MR) is 105 cm³/mol. The summed E-state index contributed by atoms with van der Waals surface area (Å²) in [5.41, 5.74) is -0.267. The topological polar surface area (TPSA) is 81.7 Å². The molecule has 142 valence electrons. The first-order chi connectivity index (χ1) is 12.8. The number of ether oxygens (including phenoxy) is 1. The number of rotatable bonds is 5. The Balaban J connectivity index is 2.16. The first kappa shape index (κ1) is 19.1. The summed E-state index contributed by atoms with van der Waals surface area (Å²) in [6.07, 6.45) is 0. The maximum atomic E-state index is 12.9. The van der Waals surface area contributed by atoms with Crippen molar-refractivity contribution in [2.45, 2.75) is 37.1 Å². The molecule has 0 spiro atoms. The highest BCUT2D eigenvalue weighted by Crippen LogP contribution is 2.35. The molecule has 0 aliphatic rings. The summed E-state index contributed by atoms with van der Waals surface area (Å²) in [6.45, 7) is 6.30. The maximum Gasteiger partial charge on any atom is 0.354 e. The summed E-state index contributed by atoms with van der Waals surface area (Å²) in [6, 6.07) is 8.64. The van der Waals surface area contributed by atoms with Gasteiger partial charge in [0, 0.05) is 23.2 Å². The zero-order valence-electron chi connectivity index (χ0n) is 15.6. The Labute approximate surface area is 160 Å². The lowest BCUT2D eigenvalue weighted by molar-refractivity contribution is 0.414. The third-order valence-corrected chi connectivity index (χ3v) is 5.21. The van der Waals surface area contributed by atoms with Crippen molar-refractivity contribution in [1.29, 1.82) is 0 Å². The molecule has 3 rings (SSSR count). The summed E-state index contributed by atoms with van der Waals surface area (Å²) in [4.78, 5) is 26.0. The fourth-order valence-electron chi connectivity index (χ4n) is 2.84. The van der Waals surface area contributed by atoms with E-state index in [0.29, 0.717) is 22.9 Å². The van der Waals surface area contributed by atoms with Gasteiger partial charge in [-0.2, -0.15) is 0 Å². The minimum atomic E-state index is -0.679. The van der Waals surface area contributed by atoms with Crippen LogP contribution in [0.4, 0.5) is 0 Å². The van der Waals surface area contributed by atoms with Gasteiger partial charge in [-0.1, -0.05) is 25.6 Å². The molecule has 2 heterocycles. The Kier molecular flexibility index (Phi) is 5.32. The highest BCUT2D eigenvalue weighted by atomic mass is 32.2. The summed E-state index contributed by atoms with van der Waals surface area (Å²) < 4.78 is 12.0. The first-order valence-corrected chi connectivity index (χ1v) is 9.35. The molecule has 0 fully saturated rings.